The second-order valence-electron chi connectivity index (χ2n) is 5.05. The third-order valence-corrected chi connectivity index (χ3v) is 3.60. The lowest BCUT2D eigenvalue weighted by Crippen LogP contribution is -2.45. The normalized spacial score (nSPS) is 24.7. The van der Waals surface area contributed by atoms with Gasteiger partial charge in [0.15, 0.2) is 0 Å². The molecule has 0 radical (unpaired) electrons. The molecule has 0 aliphatic carbocycles. The molecular formula is C13H22N2O3. The fourth-order valence-corrected chi connectivity index (χ4v) is 2.50. The molecule has 2 rings (SSSR count). The van der Waals surface area contributed by atoms with Crippen LogP contribution < -0.4 is 5.32 Å². The molecule has 2 aliphatic rings. The van der Waals surface area contributed by atoms with Crippen LogP contribution in [-0.2, 0) is 14.3 Å². The molecule has 2 heterocycles. The van der Waals surface area contributed by atoms with Crippen LogP contribution in [0.15, 0.2) is 0 Å². The van der Waals surface area contributed by atoms with Crippen molar-refractivity contribution in [3.05, 3.63) is 0 Å². The number of carbonyl (C=O) groups is 2. The minimum Gasteiger partial charge on any atom is -0.376 e. The molecule has 1 atom stereocenters. The van der Waals surface area contributed by atoms with Gasteiger partial charge in [-0.25, -0.2) is 0 Å². The van der Waals surface area contributed by atoms with E-state index in [0.29, 0.717) is 19.6 Å². The molecule has 0 spiro atoms. The van der Waals surface area contributed by atoms with Crippen LogP contribution in [0.2, 0.25) is 0 Å². The van der Waals surface area contributed by atoms with Crippen LogP contribution in [0.5, 0.6) is 0 Å². The van der Waals surface area contributed by atoms with Crippen molar-refractivity contribution < 1.29 is 14.3 Å². The van der Waals surface area contributed by atoms with Crippen LogP contribution in [0.4, 0.5) is 0 Å². The highest BCUT2D eigenvalue weighted by molar-refractivity contribution is 6.35. The molecule has 18 heavy (non-hydrogen) atoms. The summed E-state index contributed by atoms with van der Waals surface area (Å²) in [6.45, 7) is 2.65. The molecule has 1 unspecified atom stereocenters. The first-order valence-electron chi connectivity index (χ1n) is 6.96. The number of carbonyl (C=O) groups excluding carboxylic acids is 2. The Labute approximate surface area is 108 Å². The minimum absolute atomic E-state index is 0.0888. The Morgan fingerprint density at radius 2 is 1.83 bits per heavy atom. The average Bonchev–Trinajstić information content (AvgIpc) is 2.75. The SMILES string of the molecule is O=C(NCC1CCCO1)C(=O)N1CCCCCC1. The summed E-state index contributed by atoms with van der Waals surface area (Å²) in [5, 5.41) is 2.69. The van der Waals surface area contributed by atoms with Crippen molar-refractivity contribution in [2.75, 3.05) is 26.2 Å². The van der Waals surface area contributed by atoms with Crippen LogP contribution in [0.25, 0.3) is 0 Å². The van der Waals surface area contributed by atoms with E-state index in [-0.39, 0.29) is 12.0 Å². The molecule has 102 valence electrons. The maximum atomic E-state index is 11.9. The highest BCUT2D eigenvalue weighted by Crippen LogP contribution is 2.11. The summed E-state index contributed by atoms with van der Waals surface area (Å²) >= 11 is 0. The van der Waals surface area contributed by atoms with Gasteiger partial charge in [0, 0.05) is 26.2 Å². The molecule has 0 aromatic heterocycles. The molecule has 2 fully saturated rings. The predicted molar refractivity (Wildman–Crippen MR) is 67.0 cm³/mol. The Morgan fingerprint density at radius 1 is 1.11 bits per heavy atom. The van der Waals surface area contributed by atoms with E-state index in [1.54, 1.807) is 4.90 Å². The highest BCUT2D eigenvalue weighted by atomic mass is 16.5. The van der Waals surface area contributed by atoms with Crippen molar-refractivity contribution in [2.45, 2.75) is 44.6 Å². The lowest BCUT2D eigenvalue weighted by atomic mass is 10.2. The monoisotopic (exact) mass is 254 g/mol. The van der Waals surface area contributed by atoms with Gasteiger partial charge in [0.2, 0.25) is 0 Å². The number of hydrogen-bond acceptors (Lipinski definition) is 3. The largest absolute Gasteiger partial charge is 0.376 e. The second-order valence-corrected chi connectivity index (χ2v) is 5.05. The van der Waals surface area contributed by atoms with Gasteiger partial charge in [-0.1, -0.05) is 12.8 Å². The zero-order valence-electron chi connectivity index (χ0n) is 10.8. The van der Waals surface area contributed by atoms with Crippen LogP contribution in [0.3, 0.4) is 0 Å². The Bertz CT molecular complexity index is 293. The standard InChI is InChI=1S/C13H22N2O3/c16-12(14-10-11-6-5-9-18-11)13(17)15-7-3-1-2-4-8-15/h11H,1-10H2,(H,14,16). The number of hydrogen-bond donors (Lipinski definition) is 1. The second kappa shape index (κ2) is 6.73. The van der Waals surface area contributed by atoms with E-state index in [9.17, 15) is 9.59 Å². The lowest BCUT2D eigenvalue weighted by molar-refractivity contribution is -0.146. The number of nitrogens with zero attached hydrogens (tertiary/aromatic N) is 1. The molecule has 2 aliphatic heterocycles. The van der Waals surface area contributed by atoms with Crippen LogP contribution in [0, 0.1) is 0 Å². The lowest BCUT2D eigenvalue weighted by Gasteiger charge is -2.20. The smallest absolute Gasteiger partial charge is 0.311 e. The summed E-state index contributed by atoms with van der Waals surface area (Å²) in [4.78, 5) is 25.4. The van der Waals surface area contributed by atoms with Gasteiger partial charge < -0.3 is 15.0 Å². The third kappa shape index (κ3) is 3.70. The Kier molecular flexibility index (Phi) is 4.99. The van der Waals surface area contributed by atoms with E-state index in [1.807, 2.05) is 0 Å². The number of rotatable bonds is 2. The molecular weight excluding hydrogens is 232 g/mol. The Balaban J connectivity index is 1.74. The first-order chi connectivity index (χ1) is 8.77. The molecule has 0 bridgehead atoms. The van der Waals surface area contributed by atoms with E-state index in [4.69, 9.17) is 4.74 Å². The van der Waals surface area contributed by atoms with Crippen molar-refractivity contribution in [3.63, 3.8) is 0 Å². The number of likely N-dealkylation sites (tertiary alicyclic amines) is 1. The van der Waals surface area contributed by atoms with Crippen molar-refractivity contribution in [1.82, 2.24) is 10.2 Å². The van der Waals surface area contributed by atoms with Crippen molar-refractivity contribution in [1.29, 1.82) is 0 Å². The molecule has 0 saturated carbocycles. The Morgan fingerprint density at radius 3 is 2.44 bits per heavy atom. The first-order valence-corrected chi connectivity index (χ1v) is 6.96. The zero-order chi connectivity index (χ0) is 12.8. The predicted octanol–water partition coefficient (Wildman–Crippen LogP) is 0.684. The molecule has 0 aromatic carbocycles. The average molecular weight is 254 g/mol. The van der Waals surface area contributed by atoms with Gasteiger partial charge in [0.25, 0.3) is 0 Å². The number of nitrogens with one attached hydrogen (secondary N) is 1. The van der Waals surface area contributed by atoms with Gasteiger partial charge in [0.05, 0.1) is 6.10 Å². The zero-order valence-corrected chi connectivity index (χ0v) is 10.8. The van der Waals surface area contributed by atoms with E-state index in [0.717, 1.165) is 45.1 Å². The van der Waals surface area contributed by atoms with Crippen LogP contribution >= 0.6 is 0 Å². The minimum atomic E-state index is -0.479. The molecule has 5 heteroatoms. The van der Waals surface area contributed by atoms with E-state index < -0.39 is 5.91 Å². The van der Waals surface area contributed by atoms with Gasteiger partial charge in [-0.05, 0) is 25.7 Å². The fourth-order valence-electron chi connectivity index (χ4n) is 2.50. The van der Waals surface area contributed by atoms with Gasteiger partial charge in [-0.15, -0.1) is 0 Å². The summed E-state index contributed by atoms with van der Waals surface area (Å²) < 4.78 is 5.41. The first kappa shape index (κ1) is 13.3. The van der Waals surface area contributed by atoms with Crippen LogP contribution in [-0.4, -0.2) is 49.1 Å². The van der Waals surface area contributed by atoms with Crippen molar-refractivity contribution in [2.24, 2.45) is 0 Å². The molecule has 2 saturated heterocycles. The van der Waals surface area contributed by atoms with E-state index >= 15 is 0 Å². The topological polar surface area (TPSA) is 58.6 Å². The molecule has 5 nitrogen and oxygen atoms in total. The third-order valence-electron chi connectivity index (χ3n) is 3.60. The van der Waals surface area contributed by atoms with E-state index in [1.165, 1.54) is 0 Å². The summed E-state index contributed by atoms with van der Waals surface area (Å²) in [6.07, 6.45) is 6.42. The van der Waals surface area contributed by atoms with Gasteiger partial charge in [0.1, 0.15) is 0 Å². The van der Waals surface area contributed by atoms with E-state index in [2.05, 4.69) is 5.32 Å². The quantitative estimate of drug-likeness (QED) is 0.737. The highest BCUT2D eigenvalue weighted by Gasteiger charge is 2.24. The Hall–Kier alpha value is -1.10. The summed E-state index contributed by atoms with van der Waals surface area (Å²) in [6, 6.07) is 0. The van der Waals surface area contributed by atoms with Gasteiger partial charge in [-0.3, -0.25) is 9.59 Å². The molecule has 0 aromatic rings. The van der Waals surface area contributed by atoms with Crippen molar-refractivity contribution in [3.8, 4) is 0 Å². The number of ether oxygens (including phenoxy) is 1. The van der Waals surface area contributed by atoms with Gasteiger partial charge >= 0.3 is 11.8 Å². The summed E-state index contributed by atoms with van der Waals surface area (Å²) in [5.41, 5.74) is 0. The maximum Gasteiger partial charge on any atom is 0.311 e. The summed E-state index contributed by atoms with van der Waals surface area (Å²) in [5.74, 6) is -0.859. The molecule has 1 N–H and O–H groups in total. The molecule has 2 amide bonds. The van der Waals surface area contributed by atoms with Crippen molar-refractivity contribution >= 4 is 11.8 Å². The van der Waals surface area contributed by atoms with Crippen LogP contribution in [0.1, 0.15) is 38.5 Å². The van der Waals surface area contributed by atoms with Gasteiger partial charge in [-0.2, -0.15) is 0 Å². The number of amides is 2. The fraction of sp³-hybridized carbons (Fsp3) is 0.846. The maximum absolute atomic E-state index is 11.9. The summed E-state index contributed by atoms with van der Waals surface area (Å²) in [7, 11) is 0.